The van der Waals surface area contributed by atoms with Crippen molar-refractivity contribution < 1.29 is 0 Å². The Bertz CT molecular complexity index is 189. The van der Waals surface area contributed by atoms with E-state index < -0.39 is 0 Å². The zero-order valence-electron chi connectivity index (χ0n) is 10.3. The predicted molar refractivity (Wildman–Crippen MR) is 65.1 cm³/mol. The van der Waals surface area contributed by atoms with E-state index in [1.165, 1.54) is 51.5 Å². The van der Waals surface area contributed by atoms with Crippen molar-refractivity contribution in [1.29, 1.82) is 0 Å². The lowest BCUT2D eigenvalue weighted by molar-refractivity contribution is 0.125. The highest BCUT2D eigenvalue weighted by Gasteiger charge is 2.26. The predicted octanol–water partition coefficient (Wildman–Crippen LogP) is 2.25. The molecule has 1 N–H and O–H groups in total. The SMILES string of the molecule is CNC1CCCC(N(C)CC2CCC2)C1. The molecule has 2 nitrogen and oxygen atoms in total. The first-order valence-corrected chi connectivity index (χ1v) is 6.67. The molecule has 2 saturated carbocycles. The Morgan fingerprint density at radius 3 is 2.47 bits per heavy atom. The second kappa shape index (κ2) is 5.31. The van der Waals surface area contributed by atoms with Gasteiger partial charge in [0, 0.05) is 18.6 Å². The van der Waals surface area contributed by atoms with Crippen molar-refractivity contribution in [2.75, 3.05) is 20.6 Å². The van der Waals surface area contributed by atoms with E-state index in [4.69, 9.17) is 0 Å². The van der Waals surface area contributed by atoms with Gasteiger partial charge in [-0.3, -0.25) is 0 Å². The van der Waals surface area contributed by atoms with Crippen LogP contribution in [0.3, 0.4) is 0 Å². The summed E-state index contributed by atoms with van der Waals surface area (Å²) >= 11 is 0. The molecule has 0 bridgehead atoms. The van der Waals surface area contributed by atoms with Crippen molar-refractivity contribution in [3.05, 3.63) is 0 Å². The van der Waals surface area contributed by atoms with Crippen LogP contribution in [0.15, 0.2) is 0 Å². The van der Waals surface area contributed by atoms with Gasteiger partial charge in [-0.1, -0.05) is 12.8 Å². The summed E-state index contributed by atoms with van der Waals surface area (Å²) in [7, 11) is 4.44. The van der Waals surface area contributed by atoms with Gasteiger partial charge in [0.25, 0.3) is 0 Å². The highest BCUT2D eigenvalue weighted by atomic mass is 15.1. The van der Waals surface area contributed by atoms with Gasteiger partial charge in [0.1, 0.15) is 0 Å². The maximum Gasteiger partial charge on any atom is 0.0107 e. The van der Waals surface area contributed by atoms with E-state index in [0.29, 0.717) is 0 Å². The van der Waals surface area contributed by atoms with E-state index >= 15 is 0 Å². The molecule has 0 amide bonds. The quantitative estimate of drug-likeness (QED) is 0.765. The summed E-state index contributed by atoms with van der Waals surface area (Å²) in [6.45, 7) is 1.35. The van der Waals surface area contributed by atoms with E-state index in [9.17, 15) is 0 Å². The molecule has 15 heavy (non-hydrogen) atoms. The first kappa shape index (κ1) is 11.4. The van der Waals surface area contributed by atoms with E-state index in [2.05, 4.69) is 24.3 Å². The molecular weight excluding hydrogens is 184 g/mol. The Morgan fingerprint density at radius 2 is 1.87 bits per heavy atom. The summed E-state index contributed by atoms with van der Waals surface area (Å²) in [5.74, 6) is 1.02. The highest BCUT2D eigenvalue weighted by molar-refractivity contribution is 4.84. The van der Waals surface area contributed by atoms with Crippen molar-refractivity contribution >= 4 is 0 Å². The van der Waals surface area contributed by atoms with Crippen molar-refractivity contribution in [2.24, 2.45) is 5.92 Å². The summed E-state index contributed by atoms with van der Waals surface area (Å²) in [5, 5.41) is 3.44. The monoisotopic (exact) mass is 210 g/mol. The number of hydrogen-bond donors (Lipinski definition) is 1. The van der Waals surface area contributed by atoms with Crippen LogP contribution >= 0.6 is 0 Å². The molecule has 0 aliphatic heterocycles. The molecule has 2 fully saturated rings. The van der Waals surface area contributed by atoms with Crippen LogP contribution in [-0.4, -0.2) is 37.6 Å². The van der Waals surface area contributed by atoms with Crippen LogP contribution in [0, 0.1) is 5.92 Å². The maximum atomic E-state index is 3.44. The van der Waals surface area contributed by atoms with Crippen molar-refractivity contribution in [3.8, 4) is 0 Å². The minimum atomic E-state index is 0.771. The van der Waals surface area contributed by atoms with Crippen LogP contribution < -0.4 is 5.32 Å². The van der Waals surface area contributed by atoms with Crippen molar-refractivity contribution in [1.82, 2.24) is 10.2 Å². The molecular formula is C13H26N2. The third-order valence-electron chi connectivity index (χ3n) is 4.45. The van der Waals surface area contributed by atoms with Crippen LogP contribution in [0.1, 0.15) is 44.9 Å². The normalized spacial score (nSPS) is 33.0. The number of nitrogens with zero attached hydrogens (tertiary/aromatic N) is 1. The first-order valence-electron chi connectivity index (χ1n) is 6.67. The van der Waals surface area contributed by atoms with E-state index in [1.54, 1.807) is 0 Å². The molecule has 0 radical (unpaired) electrons. The average molecular weight is 210 g/mol. The molecule has 88 valence electrons. The number of nitrogens with one attached hydrogen (secondary N) is 1. The third kappa shape index (κ3) is 2.94. The summed E-state index contributed by atoms with van der Waals surface area (Å²) in [6, 6.07) is 1.62. The lowest BCUT2D eigenvalue weighted by Gasteiger charge is -2.38. The molecule has 0 aromatic carbocycles. The topological polar surface area (TPSA) is 15.3 Å². The molecule has 2 heteroatoms. The summed E-state index contributed by atoms with van der Waals surface area (Å²) in [6.07, 6.45) is 10.00. The lowest BCUT2D eigenvalue weighted by atomic mass is 9.83. The molecule has 2 aliphatic carbocycles. The fourth-order valence-electron chi connectivity index (χ4n) is 3.06. The van der Waals surface area contributed by atoms with Crippen LogP contribution in [0.4, 0.5) is 0 Å². The Morgan fingerprint density at radius 1 is 1.13 bits per heavy atom. The molecule has 2 aliphatic rings. The van der Waals surface area contributed by atoms with Gasteiger partial charge >= 0.3 is 0 Å². The van der Waals surface area contributed by atoms with Gasteiger partial charge in [-0.2, -0.15) is 0 Å². The van der Waals surface area contributed by atoms with E-state index in [-0.39, 0.29) is 0 Å². The molecule has 2 atom stereocenters. The van der Waals surface area contributed by atoms with Crippen LogP contribution in [0.25, 0.3) is 0 Å². The molecule has 0 aromatic heterocycles. The molecule has 0 aromatic rings. The molecule has 0 heterocycles. The standard InChI is InChI=1S/C13H26N2/c1-14-12-7-4-8-13(9-12)15(2)10-11-5-3-6-11/h11-14H,3-10H2,1-2H3. The lowest BCUT2D eigenvalue weighted by Crippen LogP contribution is -2.44. The van der Waals surface area contributed by atoms with Crippen molar-refractivity contribution in [3.63, 3.8) is 0 Å². The van der Waals surface area contributed by atoms with Gasteiger partial charge in [-0.25, -0.2) is 0 Å². The summed E-state index contributed by atoms with van der Waals surface area (Å²) < 4.78 is 0. The van der Waals surface area contributed by atoms with E-state index in [1.807, 2.05) is 0 Å². The van der Waals surface area contributed by atoms with Gasteiger partial charge in [-0.15, -0.1) is 0 Å². The number of rotatable bonds is 4. The zero-order chi connectivity index (χ0) is 10.7. The Balaban J connectivity index is 1.75. The van der Waals surface area contributed by atoms with Crippen LogP contribution in [0.5, 0.6) is 0 Å². The Kier molecular flexibility index (Phi) is 4.04. The van der Waals surface area contributed by atoms with Gasteiger partial charge in [0.15, 0.2) is 0 Å². The minimum Gasteiger partial charge on any atom is -0.317 e. The smallest absolute Gasteiger partial charge is 0.0107 e. The molecule has 0 saturated heterocycles. The Hall–Kier alpha value is -0.0800. The van der Waals surface area contributed by atoms with Gasteiger partial charge in [-0.05, 0) is 52.1 Å². The molecule has 2 unspecified atom stereocenters. The third-order valence-corrected chi connectivity index (χ3v) is 4.45. The van der Waals surface area contributed by atoms with Crippen LogP contribution in [0.2, 0.25) is 0 Å². The zero-order valence-corrected chi connectivity index (χ0v) is 10.3. The van der Waals surface area contributed by atoms with Crippen molar-refractivity contribution in [2.45, 2.75) is 57.0 Å². The summed E-state index contributed by atoms with van der Waals surface area (Å²) in [4.78, 5) is 2.63. The van der Waals surface area contributed by atoms with Gasteiger partial charge in [0.2, 0.25) is 0 Å². The first-order chi connectivity index (χ1) is 7.29. The summed E-state index contributed by atoms with van der Waals surface area (Å²) in [5.41, 5.74) is 0. The fraction of sp³-hybridized carbons (Fsp3) is 1.00. The fourth-order valence-corrected chi connectivity index (χ4v) is 3.06. The second-order valence-electron chi connectivity index (χ2n) is 5.54. The van der Waals surface area contributed by atoms with Gasteiger partial charge in [0.05, 0.1) is 0 Å². The maximum absolute atomic E-state index is 3.44. The average Bonchev–Trinajstić information content (AvgIpc) is 2.23. The molecule has 2 rings (SSSR count). The molecule has 0 spiro atoms. The van der Waals surface area contributed by atoms with E-state index in [0.717, 1.165) is 18.0 Å². The van der Waals surface area contributed by atoms with Gasteiger partial charge < -0.3 is 10.2 Å². The minimum absolute atomic E-state index is 0.771. The van der Waals surface area contributed by atoms with Crippen LogP contribution in [-0.2, 0) is 0 Å². The number of hydrogen-bond acceptors (Lipinski definition) is 2. The second-order valence-corrected chi connectivity index (χ2v) is 5.54. The largest absolute Gasteiger partial charge is 0.317 e. The Labute approximate surface area is 94.4 Å². The highest BCUT2D eigenvalue weighted by Crippen LogP contribution is 2.29.